The van der Waals surface area contributed by atoms with E-state index in [0.717, 1.165) is 3.57 Å². The molecule has 98 valence electrons. The number of rotatable bonds is 2. The number of halogens is 2. The summed E-state index contributed by atoms with van der Waals surface area (Å²) in [7, 11) is 0. The first-order chi connectivity index (χ1) is 8.95. The predicted octanol–water partition coefficient (Wildman–Crippen LogP) is 3.36. The average molecular weight is 388 g/mol. The molecule has 0 bridgehead atoms. The number of benzene rings is 2. The predicted molar refractivity (Wildman–Crippen MR) is 87.4 cm³/mol. The maximum atomic E-state index is 12.1. The van der Waals surface area contributed by atoms with Crippen molar-refractivity contribution in [2.45, 2.75) is 0 Å². The molecule has 6 heteroatoms. The fourth-order valence-corrected chi connectivity index (χ4v) is 2.60. The van der Waals surface area contributed by atoms with Gasteiger partial charge < -0.3 is 16.8 Å². The smallest absolute Gasteiger partial charge is 0.255 e. The summed E-state index contributed by atoms with van der Waals surface area (Å²) in [5, 5.41) is 3.41. The van der Waals surface area contributed by atoms with Gasteiger partial charge in [-0.05, 0) is 59.0 Å². The minimum Gasteiger partial charge on any atom is -0.399 e. The van der Waals surface area contributed by atoms with Crippen LogP contribution in [0, 0.1) is 3.57 Å². The van der Waals surface area contributed by atoms with Gasteiger partial charge in [0.1, 0.15) is 0 Å². The van der Waals surface area contributed by atoms with Crippen LogP contribution in [0.2, 0.25) is 5.02 Å². The molecule has 0 saturated carbocycles. The van der Waals surface area contributed by atoms with Crippen molar-refractivity contribution < 1.29 is 4.79 Å². The molecule has 0 unspecified atom stereocenters. The van der Waals surface area contributed by atoms with Gasteiger partial charge in [-0.15, -0.1) is 0 Å². The van der Waals surface area contributed by atoms with Crippen LogP contribution in [0.15, 0.2) is 36.4 Å². The number of nitrogens with two attached hydrogens (primary N) is 2. The topological polar surface area (TPSA) is 81.1 Å². The average Bonchev–Trinajstić information content (AvgIpc) is 2.31. The molecule has 0 aliphatic heterocycles. The monoisotopic (exact) mass is 387 g/mol. The fourth-order valence-electron chi connectivity index (χ4n) is 1.59. The number of nitrogen functional groups attached to an aromatic ring is 2. The lowest BCUT2D eigenvalue weighted by atomic mass is 10.1. The van der Waals surface area contributed by atoms with Gasteiger partial charge in [0.05, 0.1) is 5.69 Å². The van der Waals surface area contributed by atoms with E-state index < -0.39 is 0 Å². The van der Waals surface area contributed by atoms with Crippen LogP contribution in [0.25, 0.3) is 0 Å². The Bertz CT molecular complexity index is 626. The molecular formula is C13H11ClIN3O. The van der Waals surface area contributed by atoms with Gasteiger partial charge in [0, 0.05) is 25.5 Å². The first-order valence-corrected chi connectivity index (χ1v) is 6.84. The van der Waals surface area contributed by atoms with Crippen molar-refractivity contribution in [3.63, 3.8) is 0 Å². The molecule has 19 heavy (non-hydrogen) atoms. The van der Waals surface area contributed by atoms with Crippen LogP contribution in [-0.2, 0) is 0 Å². The maximum Gasteiger partial charge on any atom is 0.255 e. The summed E-state index contributed by atoms with van der Waals surface area (Å²) in [6.45, 7) is 0. The Hall–Kier alpha value is -1.47. The number of amides is 1. The minimum absolute atomic E-state index is 0.265. The first kappa shape index (κ1) is 14.0. The third-order valence-corrected chi connectivity index (χ3v) is 3.55. The summed E-state index contributed by atoms with van der Waals surface area (Å²) in [5.74, 6) is -0.265. The SMILES string of the molecule is Nc1cc(N)cc(C(=O)Nc2ccc(Cl)cc2I)c1. The van der Waals surface area contributed by atoms with Crippen molar-refractivity contribution in [2.24, 2.45) is 0 Å². The van der Waals surface area contributed by atoms with Crippen LogP contribution >= 0.6 is 34.2 Å². The van der Waals surface area contributed by atoms with Crippen LogP contribution in [0.3, 0.4) is 0 Å². The molecule has 5 N–H and O–H groups in total. The van der Waals surface area contributed by atoms with Crippen molar-refractivity contribution >= 4 is 57.2 Å². The molecule has 0 atom stereocenters. The number of carbonyl (C=O) groups is 1. The molecule has 0 saturated heterocycles. The molecule has 4 nitrogen and oxygen atoms in total. The van der Waals surface area contributed by atoms with Crippen molar-refractivity contribution in [3.05, 3.63) is 50.6 Å². The van der Waals surface area contributed by atoms with E-state index in [9.17, 15) is 4.79 Å². The fraction of sp³-hybridized carbons (Fsp3) is 0. The van der Waals surface area contributed by atoms with Crippen molar-refractivity contribution in [3.8, 4) is 0 Å². The Kier molecular flexibility index (Phi) is 4.16. The molecule has 0 fully saturated rings. The third kappa shape index (κ3) is 3.51. The molecule has 0 radical (unpaired) electrons. The van der Waals surface area contributed by atoms with Crippen molar-refractivity contribution in [1.82, 2.24) is 0 Å². The molecule has 2 aromatic carbocycles. The van der Waals surface area contributed by atoms with Gasteiger partial charge in [-0.25, -0.2) is 0 Å². The highest BCUT2D eigenvalue weighted by molar-refractivity contribution is 14.1. The highest BCUT2D eigenvalue weighted by Gasteiger charge is 2.09. The van der Waals surface area contributed by atoms with Gasteiger partial charge in [0.15, 0.2) is 0 Å². The van der Waals surface area contributed by atoms with Gasteiger partial charge in [-0.2, -0.15) is 0 Å². The van der Waals surface area contributed by atoms with Crippen molar-refractivity contribution in [2.75, 3.05) is 16.8 Å². The Morgan fingerprint density at radius 1 is 1.11 bits per heavy atom. The number of carbonyl (C=O) groups excluding carboxylic acids is 1. The lowest BCUT2D eigenvalue weighted by Gasteiger charge is -2.09. The Balaban J connectivity index is 2.25. The standard InChI is InChI=1S/C13H11ClIN3O/c14-8-1-2-12(11(15)5-8)18-13(19)7-3-9(16)6-10(17)4-7/h1-6H,16-17H2,(H,18,19). The number of anilines is 3. The van der Waals surface area contributed by atoms with E-state index >= 15 is 0 Å². The molecule has 0 aromatic heterocycles. The highest BCUT2D eigenvalue weighted by Crippen LogP contribution is 2.23. The van der Waals surface area contributed by atoms with Crippen LogP contribution < -0.4 is 16.8 Å². The van der Waals surface area contributed by atoms with E-state index in [2.05, 4.69) is 27.9 Å². The van der Waals surface area contributed by atoms with Crippen LogP contribution in [0.5, 0.6) is 0 Å². The Labute approximate surface area is 129 Å². The van der Waals surface area contributed by atoms with Gasteiger partial charge in [-0.3, -0.25) is 4.79 Å². The summed E-state index contributed by atoms with van der Waals surface area (Å²) in [5.41, 5.74) is 13.3. The zero-order chi connectivity index (χ0) is 14.0. The van der Waals surface area contributed by atoms with E-state index in [-0.39, 0.29) is 5.91 Å². The lowest BCUT2D eigenvalue weighted by molar-refractivity contribution is 0.102. The molecule has 2 aromatic rings. The molecule has 0 heterocycles. The van der Waals surface area contributed by atoms with E-state index in [4.69, 9.17) is 23.1 Å². The second kappa shape index (κ2) is 5.66. The van der Waals surface area contributed by atoms with E-state index in [1.54, 1.807) is 36.4 Å². The number of hydrogen-bond donors (Lipinski definition) is 3. The molecule has 1 amide bonds. The number of nitrogens with one attached hydrogen (secondary N) is 1. The third-order valence-electron chi connectivity index (χ3n) is 2.42. The maximum absolute atomic E-state index is 12.1. The van der Waals surface area contributed by atoms with Gasteiger partial charge >= 0.3 is 0 Å². The largest absolute Gasteiger partial charge is 0.399 e. The van der Waals surface area contributed by atoms with Gasteiger partial charge in [0.25, 0.3) is 5.91 Å². The van der Waals surface area contributed by atoms with Crippen LogP contribution in [-0.4, -0.2) is 5.91 Å². The zero-order valence-electron chi connectivity index (χ0n) is 9.78. The summed E-state index contributed by atoms with van der Waals surface area (Å²) in [4.78, 5) is 12.1. The second-order valence-corrected chi connectivity index (χ2v) is 5.57. The van der Waals surface area contributed by atoms with Crippen LogP contribution in [0.1, 0.15) is 10.4 Å². The summed E-state index contributed by atoms with van der Waals surface area (Å²) < 4.78 is 0.857. The molecular weight excluding hydrogens is 377 g/mol. The van der Waals surface area contributed by atoms with Crippen molar-refractivity contribution in [1.29, 1.82) is 0 Å². The highest BCUT2D eigenvalue weighted by atomic mass is 127. The second-order valence-electron chi connectivity index (χ2n) is 3.97. The summed E-state index contributed by atoms with van der Waals surface area (Å²) in [6, 6.07) is 9.99. The summed E-state index contributed by atoms with van der Waals surface area (Å²) in [6.07, 6.45) is 0. The minimum atomic E-state index is -0.265. The van der Waals surface area contributed by atoms with Crippen LogP contribution in [0.4, 0.5) is 17.1 Å². The van der Waals surface area contributed by atoms with Gasteiger partial charge in [-0.1, -0.05) is 11.6 Å². The zero-order valence-corrected chi connectivity index (χ0v) is 12.7. The first-order valence-electron chi connectivity index (χ1n) is 5.38. The summed E-state index contributed by atoms with van der Waals surface area (Å²) >= 11 is 7.97. The molecule has 0 aliphatic carbocycles. The van der Waals surface area contributed by atoms with E-state index in [0.29, 0.717) is 27.6 Å². The van der Waals surface area contributed by atoms with E-state index in [1.807, 2.05) is 0 Å². The normalized spacial score (nSPS) is 10.2. The molecule has 0 spiro atoms. The Morgan fingerprint density at radius 3 is 2.32 bits per heavy atom. The van der Waals surface area contributed by atoms with Gasteiger partial charge in [0.2, 0.25) is 0 Å². The molecule has 2 rings (SSSR count). The lowest BCUT2D eigenvalue weighted by Crippen LogP contribution is -2.13. The molecule has 0 aliphatic rings. The quantitative estimate of drug-likeness (QED) is 0.546. The number of hydrogen-bond acceptors (Lipinski definition) is 3. The Morgan fingerprint density at radius 2 is 1.74 bits per heavy atom. The van der Waals surface area contributed by atoms with E-state index in [1.165, 1.54) is 0 Å².